The molecule has 0 saturated heterocycles. The van der Waals surface area contributed by atoms with Crippen LogP contribution in [0.15, 0.2) is 82.5 Å². The Bertz CT molecular complexity index is 807. The van der Waals surface area contributed by atoms with Crippen LogP contribution in [0.25, 0.3) is 0 Å². The molecule has 3 aromatic rings. The van der Waals surface area contributed by atoms with Crippen LogP contribution in [0, 0.1) is 0 Å². The predicted octanol–water partition coefficient (Wildman–Crippen LogP) is 4.37. The van der Waals surface area contributed by atoms with Gasteiger partial charge in [-0.05, 0) is 24.5 Å². The van der Waals surface area contributed by atoms with Gasteiger partial charge in [-0.2, -0.15) is 0 Å². The number of guanidine groups is 1. The van der Waals surface area contributed by atoms with Crippen molar-refractivity contribution in [2.75, 3.05) is 13.1 Å². The Hall–Kier alpha value is -2.35. The maximum absolute atomic E-state index is 4.87. The molecule has 2 aromatic carbocycles. The second-order valence-corrected chi connectivity index (χ2v) is 6.36. The van der Waals surface area contributed by atoms with Crippen LogP contribution >= 0.6 is 24.0 Å². The van der Waals surface area contributed by atoms with Gasteiger partial charge in [-0.25, -0.2) is 4.99 Å². The molecule has 5 nitrogen and oxygen atoms in total. The largest absolute Gasteiger partial charge is 0.364 e. The van der Waals surface area contributed by atoms with E-state index in [1.807, 2.05) is 6.07 Å². The molecule has 28 heavy (non-hydrogen) atoms. The maximum Gasteiger partial charge on any atom is 0.191 e. The second-order valence-electron chi connectivity index (χ2n) is 6.36. The van der Waals surface area contributed by atoms with Gasteiger partial charge >= 0.3 is 0 Å². The van der Waals surface area contributed by atoms with Crippen LogP contribution in [-0.2, 0) is 13.0 Å². The summed E-state index contributed by atoms with van der Waals surface area (Å²) < 4.78 is 4.87. The van der Waals surface area contributed by atoms with E-state index in [1.165, 1.54) is 11.1 Å². The first kappa shape index (κ1) is 21.9. The molecular formula is C22H27IN4O. The summed E-state index contributed by atoms with van der Waals surface area (Å²) in [4.78, 5) is 4.60. The Morgan fingerprint density at radius 3 is 2.36 bits per heavy atom. The van der Waals surface area contributed by atoms with E-state index >= 15 is 0 Å². The van der Waals surface area contributed by atoms with Crippen LogP contribution in [0.2, 0.25) is 0 Å². The first-order valence-electron chi connectivity index (χ1n) is 9.35. The summed E-state index contributed by atoms with van der Waals surface area (Å²) >= 11 is 0. The molecule has 3 rings (SSSR count). The predicted molar refractivity (Wildman–Crippen MR) is 124 cm³/mol. The fourth-order valence-electron chi connectivity index (χ4n) is 2.97. The van der Waals surface area contributed by atoms with Gasteiger partial charge in [-0.1, -0.05) is 65.8 Å². The number of nitrogens with zero attached hydrogens (tertiary/aromatic N) is 2. The number of benzene rings is 2. The van der Waals surface area contributed by atoms with Crippen molar-refractivity contribution in [3.63, 3.8) is 0 Å². The Balaban J connectivity index is 0.00000280. The third-order valence-corrected chi connectivity index (χ3v) is 4.35. The lowest BCUT2D eigenvalue weighted by atomic mass is 9.92. The molecule has 6 heteroatoms. The minimum Gasteiger partial charge on any atom is -0.364 e. The van der Waals surface area contributed by atoms with E-state index in [0.29, 0.717) is 12.5 Å². The zero-order valence-electron chi connectivity index (χ0n) is 16.0. The van der Waals surface area contributed by atoms with Crippen molar-refractivity contribution in [1.29, 1.82) is 0 Å². The molecule has 0 aliphatic heterocycles. The molecule has 0 aliphatic carbocycles. The number of halogens is 1. The highest BCUT2D eigenvalue weighted by molar-refractivity contribution is 14.0. The van der Waals surface area contributed by atoms with Gasteiger partial charge in [-0.15, -0.1) is 24.0 Å². The molecule has 0 fully saturated rings. The highest BCUT2D eigenvalue weighted by Gasteiger charge is 2.13. The Morgan fingerprint density at radius 1 is 1.00 bits per heavy atom. The van der Waals surface area contributed by atoms with Crippen molar-refractivity contribution in [3.05, 3.63) is 89.8 Å². The maximum atomic E-state index is 4.87. The Morgan fingerprint density at radius 2 is 1.71 bits per heavy atom. The van der Waals surface area contributed by atoms with Gasteiger partial charge in [0.2, 0.25) is 0 Å². The molecule has 148 valence electrons. The van der Waals surface area contributed by atoms with Gasteiger partial charge in [0, 0.05) is 25.1 Å². The van der Waals surface area contributed by atoms with Crippen LogP contribution in [-0.4, -0.2) is 24.2 Å². The van der Waals surface area contributed by atoms with Crippen molar-refractivity contribution < 1.29 is 4.52 Å². The van der Waals surface area contributed by atoms with E-state index in [-0.39, 0.29) is 24.0 Å². The zero-order valence-corrected chi connectivity index (χ0v) is 18.4. The van der Waals surface area contributed by atoms with Crippen LogP contribution in [0.4, 0.5) is 0 Å². The summed E-state index contributed by atoms with van der Waals surface area (Å²) in [5, 5.41) is 10.7. The normalized spacial score (nSPS) is 12.1. The first-order valence-corrected chi connectivity index (χ1v) is 9.35. The second kappa shape index (κ2) is 12.2. The quantitative estimate of drug-likeness (QED) is 0.280. The molecule has 1 unspecified atom stereocenters. The van der Waals surface area contributed by atoms with E-state index in [0.717, 1.165) is 31.2 Å². The van der Waals surface area contributed by atoms with E-state index in [4.69, 9.17) is 4.52 Å². The fraction of sp³-hybridized carbons (Fsp3) is 0.273. The summed E-state index contributed by atoms with van der Waals surface area (Å²) in [5.41, 5.74) is 3.47. The topological polar surface area (TPSA) is 62.5 Å². The highest BCUT2D eigenvalue weighted by Crippen LogP contribution is 2.20. The minimum atomic E-state index is 0. The van der Waals surface area contributed by atoms with E-state index in [1.54, 1.807) is 6.26 Å². The number of aromatic nitrogens is 1. The van der Waals surface area contributed by atoms with E-state index in [2.05, 4.69) is 88.4 Å². The van der Waals surface area contributed by atoms with Gasteiger partial charge in [-0.3, -0.25) is 0 Å². The molecule has 0 spiro atoms. The lowest BCUT2D eigenvalue weighted by Gasteiger charge is -2.20. The summed E-state index contributed by atoms with van der Waals surface area (Å²) in [6.45, 7) is 4.15. The van der Waals surface area contributed by atoms with Gasteiger partial charge in [0.15, 0.2) is 5.96 Å². The van der Waals surface area contributed by atoms with Crippen LogP contribution in [0.1, 0.15) is 29.7 Å². The standard InChI is InChI=1S/C22H26N4O.HI/c1-2-23-22(25-17-21-13-14-27-26-21)24-16-20(19-11-7-4-8-12-19)15-18-9-5-3-6-10-18;/h3-14,20H,2,15-17H2,1H3,(H2,23,24,25);1H. The molecular weight excluding hydrogens is 463 g/mol. The van der Waals surface area contributed by atoms with Crippen LogP contribution in [0.3, 0.4) is 0 Å². The molecule has 0 bridgehead atoms. The van der Waals surface area contributed by atoms with Crippen LogP contribution < -0.4 is 10.6 Å². The van der Waals surface area contributed by atoms with E-state index < -0.39 is 0 Å². The molecule has 0 saturated carbocycles. The van der Waals surface area contributed by atoms with Crippen LogP contribution in [0.5, 0.6) is 0 Å². The minimum absolute atomic E-state index is 0. The summed E-state index contributed by atoms with van der Waals surface area (Å²) in [6, 6.07) is 23.0. The first-order chi connectivity index (χ1) is 13.3. The van der Waals surface area contributed by atoms with Gasteiger partial charge in [0.25, 0.3) is 0 Å². The average molecular weight is 490 g/mol. The van der Waals surface area contributed by atoms with Gasteiger partial charge < -0.3 is 15.2 Å². The fourth-order valence-corrected chi connectivity index (χ4v) is 2.97. The van der Waals surface area contributed by atoms with Crippen molar-refractivity contribution in [3.8, 4) is 0 Å². The Kier molecular flexibility index (Phi) is 9.54. The monoisotopic (exact) mass is 490 g/mol. The van der Waals surface area contributed by atoms with Gasteiger partial charge in [0.1, 0.15) is 12.0 Å². The van der Waals surface area contributed by atoms with Crippen molar-refractivity contribution >= 4 is 29.9 Å². The van der Waals surface area contributed by atoms with Crippen molar-refractivity contribution in [2.24, 2.45) is 4.99 Å². The molecule has 0 radical (unpaired) electrons. The molecule has 2 N–H and O–H groups in total. The summed E-state index contributed by atoms with van der Waals surface area (Å²) in [5.74, 6) is 1.14. The average Bonchev–Trinajstić information content (AvgIpc) is 3.24. The lowest BCUT2D eigenvalue weighted by Crippen LogP contribution is -2.39. The molecule has 1 atom stereocenters. The smallest absolute Gasteiger partial charge is 0.191 e. The van der Waals surface area contributed by atoms with Gasteiger partial charge in [0.05, 0.1) is 6.54 Å². The molecule has 1 heterocycles. The third-order valence-electron chi connectivity index (χ3n) is 4.35. The molecule has 0 amide bonds. The van der Waals surface area contributed by atoms with Crippen molar-refractivity contribution in [2.45, 2.75) is 25.8 Å². The van der Waals surface area contributed by atoms with E-state index in [9.17, 15) is 0 Å². The third kappa shape index (κ3) is 6.99. The summed E-state index contributed by atoms with van der Waals surface area (Å²) in [7, 11) is 0. The molecule has 1 aromatic heterocycles. The lowest BCUT2D eigenvalue weighted by molar-refractivity contribution is 0.412. The number of aliphatic imine (C=N–C) groups is 1. The SMILES string of the molecule is CCNC(=NCc1ccon1)NCC(Cc1ccccc1)c1ccccc1.I. The number of hydrogen-bond acceptors (Lipinski definition) is 3. The Labute approximate surface area is 183 Å². The highest BCUT2D eigenvalue weighted by atomic mass is 127. The number of rotatable bonds is 8. The molecule has 0 aliphatic rings. The number of nitrogens with one attached hydrogen (secondary N) is 2. The van der Waals surface area contributed by atoms with Crippen molar-refractivity contribution in [1.82, 2.24) is 15.8 Å². The zero-order chi connectivity index (χ0) is 18.7. The summed E-state index contributed by atoms with van der Waals surface area (Å²) in [6.07, 6.45) is 2.54. The number of hydrogen-bond donors (Lipinski definition) is 2.